The molecule has 94 valence electrons. The molecule has 1 fully saturated rings. The molecule has 0 aliphatic carbocycles. The van der Waals surface area contributed by atoms with Gasteiger partial charge in [0.05, 0.1) is 6.10 Å². The van der Waals surface area contributed by atoms with Gasteiger partial charge >= 0.3 is 0 Å². The van der Waals surface area contributed by atoms with Gasteiger partial charge in [-0.3, -0.25) is 4.79 Å². The molecule has 2 N–H and O–H groups in total. The molecular weight excluding hydrogens is 204 g/mol. The highest BCUT2D eigenvalue weighted by Gasteiger charge is 2.19. The maximum absolute atomic E-state index is 11.5. The third-order valence-corrected chi connectivity index (χ3v) is 3.19. The van der Waals surface area contributed by atoms with Crippen LogP contribution < -0.4 is 5.32 Å². The quantitative estimate of drug-likeness (QED) is 0.730. The van der Waals surface area contributed by atoms with Crippen molar-refractivity contribution in [2.75, 3.05) is 19.6 Å². The average Bonchev–Trinajstić information content (AvgIpc) is 2.27. The first-order chi connectivity index (χ1) is 7.61. The second-order valence-corrected chi connectivity index (χ2v) is 4.66. The van der Waals surface area contributed by atoms with Crippen molar-refractivity contribution in [1.29, 1.82) is 0 Å². The van der Waals surface area contributed by atoms with E-state index in [4.69, 9.17) is 5.11 Å². The second kappa shape index (κ2) is 6.86. The molecule has 0 aromatic carbocycles. The third kappa shape index (κ3) is 4.94. The molecule has 0 radical (unpaired) electrons. The van der Waals surface area contributed by atoms with Gasteiger partial charge in [0.2, 0.25) is 5.91 Å². The number of carbonyl (C=O) groups is 1. The van der Waals surface area contributed by atoms with Gasteiger partial charge in [-0.25, -0.2) is 0 Å². The van der Waals surface area contributed by atoms with Crippen molar-refractivity contribution in [3.63, 3.8) is 0 Å². The molecule has 1 rings (SSSR count). The van der Waals surface area contributed by atoms with E-state index in [1.54, 1.807) is 6.92 Å². The lowest BCUT2D eigenvalue weighted by Gasteiger charge is -2.31. The Bertz CT molecular complexity index is 211. The van der Waals surface area contributed by atoms with E-state index in [2.05, 4.69) is 17.1 Å². The molecule has 1 amide bonds. The molecule has 4 nitrogen and oxygen atoms in total. The van der Waals surface area contributed by atoms with E-state index in [9.17, 15) is 4.79 Å². The largest absolute Gasteiger partial charge is 0.393 e. The molecule has 1 saturated heterocycles. The summed E-state index contributed by atoms with van der Waals surface area (Å²) in [4.78, 5) is 13.9. The summed E-state index contributed by atoms with van der Waals surface area (Å²) < 4.78 is 0. The van der Waals surface area contributed by atoms with Gasteiger partial charge in [-0.1, -0.05) is 6.92 Å². The Balaban J connectivity index is 2.15. The Hall–Kier alpha value is -0.610. The SMILES string of the molecule is CCN1CCC(NC(=O)CCC(C)O)CC1. The van der Waals surface area contributed by atoms with Gasteiger partial charge in [-0.2, -0.15) is 0 Å². The molecule has 0 aromatic rings. The van der Waals surface area contributed by atoms with Crippen molar-refractivity contribution >= 4 is 5.91 Å². The van der Waals surface area contributed by atoms with Crippen LogP contribution in [0.4, 0.5) is 0 Å². The van der Waals surface area contributed by atoms with Crippen LogP contribution in [0.25, 0.3) is 0 Å². The summed E-state index contributed by atoms with van der Waals surface area (Å²) >= 11 is 0. The minimum atomic E-state index is -0.382. The van der Waals surface area contributed by atoms with E-state index < -0.39 is 0 Å². The number of nitrogens with one attached hydrogen (secondary N) is 1. The van der Waals surface area contributed by atoms with Gasteiger partial charge in [-0.05, 0) is 32.7 Å². The zero-order chi connectivity index (χ0) is 12.0. The normalized spacial score (nSPS) is 20.7. The number of likely N-dealkylation sites (tertiary alicyclic amines) is 1. The molecule has 0 spiro atoms. The van der Waals surface area contributed by atoms with Crippen molar-refractivity contribution in [2.45, 2.75) is 51.7 Å². The first-order valence-electron chi connectivity index (χ1n) is 6.31. The van der Waals surface area contributed by atoms with Gasteiger partial charge in [0.15, 0.2) is 0 Å². The van der Waals surface area contributed by atoms with Crippen LogP contribution in [-0.2, 0) is 4.79 Å². The smallest absolute Gasteiger partial charge is 0.220 e. The standard InChI is InChI=1S/C12H24N2O2/c1-3-14-8-6-11(7-9-14)13-12(16)5-4-10(2)15/h10-11,15H,3-9H2,1-2H3,(H,13,16). The molecule has 0 aromatic heterocycles. The third-order valence-electron chi connectivity index (χ3n) is 3.19. The van der Waals surface area contributed by atoms with Crippen LogP contribution in [0.5, 0.6) is 0 Å². The number of hydrogen-bond donors (Lipinski definition) is 2. The maximum Gasteiger partial charge on any atom is 0.220 e. The van der Waals surface area contributed by atoms with Crippen LogP contribution in [0.3, 0.4) is 0 Å². The summed E-state index contributed by atoms with van der Waals surface area (Å²) in [6, 6.07) is 0.337. The lowest BCUT2D eigenvalue weighted by atomic mass is 10.0. The highest BCUT2D eigenvalue weighted by Crippen LogP contribution is 2.10. The number of rotatable bonds is 5. The van der Waals surface area contributed by atoms with Crippen molar-refractivity contribution in [3.8, 4) is 0 Å². The van der Waals surface area contributed by atoms with Crippen LogP contribution >= 0.6 is 0 Å². The monoisotopic (exact) mass is 228 g/mol. The number of hydrogen-bond acceptors (Lipinski definition) is 3. The lowest BCUT2D eigenvalue weighted by molar-refractivity contribution is -0.122. The van der Waals surface area contributed by atoms with E-state index in [0.717, 1.165) is 32.5 Å². The molecule has 1 aliphatic rings. The maximum atomic E-state index is 11.5. The summed E-state index contributed by atoms with van der Waals surface area (Å²) in [6.45, 7) is 7.15. The Labute approximate surface area is 98.0 Å². The number of aliphatic hydroxyl groups excluding tert-OH is 1. The first kappa shape index (κ1) is 13.5. The van der Waals surface area contributed by atoms with Crippen molar-refractivity contribution < 1.29 is 9.90 Å². The zero-order valence-electron chi connectivity index (χ0n) is 10.4. The van der Waals surface area contributed by atoms with Gasteiger partial charge < -0.3 is 15.3 Å². The van der Waals surface area contributed by atoms with Gasteiger partial charge in [0, 0.05) is 25.6 Å². The number of amides is 1. The Morgan fingerprint density at radius 1 is 1.50 bits per heavy atom. The molecule has 1 aliphatic heterocycles. The van der Waals surface area contributed by atoms with Crippen molar-refractivity contribution in [3.05, 3.63) is 0 Å². The highest BCUT2D eigenvalue weighted by atomic mass is 16.3. The summed E-state index contributed by atoms with van der Waals surface area (Å²) in [6.07, 6.45) is 2.71. The Kier molecular flexibility index (Phi) is 5.77. The molecule has 4 heteroatoms. The average molecular weight is 228 g/mol. The summed E-state index contributed by atoms with van der Waals surface area (Å²) in [5.74, 6) is 0.0795. The number of carbonyl (C=O) groups excluding carboxylic acids is 1. The minimum absolute atomic E-state index is 0.0795. The fraction of sp³-hybridized carbons (Fsp3) is 0.917. The predicted octanol–water partition coefficient (Wildman–Crippen LogP) is 0.748. The molecule has 0 bridgehead atoms. The lowest BCUT2D eigenvalue weighted by Crippen LogP contribution is -2.44. The number of aliphatic hydroxyl groups is 1. The van der Waals surface area contributed by atoms with E-state index in [1.165, 1.54) is 0 Å². The molecule has 1 heterocycles. The molecule has 1 atom stereocenters. The van der Waals surface area contributed by atoms with E-state index >= 15 is 0 Å². The topological polar surface area (TPSA) is 52.6 Å². The fourth-order valence-electron chi connectivity index (χ4n) is 2.03. The molecular formula is C12H24N2O2. The fourth-order valence-corrected chi connectivity index (χ4v) is 2.03. The van der Waals surface area contributed by atoms with Gasteiger partial charge in [0.1, 0.15) is 0 Å². The van der Waals surface area contributed by atoms with E-state index in [-0.39, 0.29) is 12.0 Å². The Morgan fingerprint density at radius 2 is 2.12 bits per heavy atom. The van der Waals surface area contributed by atoms with E-state index in [0.29, 0.717) is 18.9 Å². The van der Waals surface area contributed by atoms with Crippen LogP contribution in [-0.4, -0.2) is 47.7 Å². The van der Waals surface area contributed by atoms with Crippen LogP contribution in [0.15, 0.2) is 0 Å². The summed E-state index contributed by atoms with van der Waals surface area (Å²) in [5.41, 5.74) is 0. The van der Waals surface area contributed by atoms with Crippen LogP contribution in [0.1, 0.15) is 39.5 Å². The summed E-state index contributed by atoms with van der Waals surface area (Å²) in [7, 11) is 0. The second-order valence-electron chi connectivity index (χ2n) is 4.66. The van der Waals surface area contributed by atoms with Gasteiger partial charge in [-0.15, -0.1) is 0 Å². The number of nitrogens with zero attached hydrogens (tertiary/aromatic N) is 1. The molecule has 0 saturated carbocycles. The minimum Gasteiger partial charge on any atom is -0.393 e. The number of piperidine rings is 1. The van der Waals surface area contributed by atoms with Crippen LogP contribution in [0.2, 0.25) is 0 Å². The first-order valence-corrected chi connectivity index (χ1v) is 6.31. The van der Waals surface area contributed by atoms with Crippen LogP contribution in [0, 0.1) is 0 Å². The highest BCUT2D eigenvalue weighted by molar-refractivity contribution is 5.76. The zero-order valence-corrected chi connectivity index (χ0v) is 10.4. The van der Waals surface area contributed by atoms with Gasteiger partial charge in [0.25, 0.3) is 0 Å². The Morgan fingerprint density at radius 3 is 2.62 bits per heavy atom. The van der Waals surface area contributed by atoms with Crippen molar-refractivity contribution in [1.82, 2.24) is 10.2 Å². The molecule has 1 unspecified atom stereocenters. The van der Waals surface area contributed by atoms with E-state index in [1.807, 2.05) is 0 Å². The molecule has 16 heavy (non-hydrogen) atoms. The van der Waals surface area contributed by atoms with Crippen molar-refractivity contribution in [2.24, 2.45) is 0 Å². The summed E-state index contributed by atoms with van der Waals surface area (Å²) in [5, 5.41) is 12.1. The predicted molar refractivity (Wildman–Crippen MR) is 64.2 cm³/mol.